The van der Waals surface area contributed by atoms with Gasteiger partial charge in [-0.05, 0) is 50.2 Å². The number of H-pyrrole nitrogens is 1. The van der Waals surface area contributed by atoms with Crippen molar-refractivity contribution in [1.82, 2.24) is 19.7 Å². The van der Waals surface area contributed by atoms with Crippen LogP contribution in [0.4, 0.5) is 11.5 Å². The second kappa shape index (κ2) is 8.88. The molecule has 3 aromatic heterocycles. The zero-order valence-electron chi connectivity index (χ0n) is 18.9. The second-order valence-electron chi connectivity index (χ2n) is 8.27. The van der Waals surface area contributed by atoms with Gasteiger partial charge in [-0.1, -0.05) is 11.6 Å². The number of furan rings is 1. The molecule has 4 aromatic rings. The molecule has 178 valence electrons. The van der Waals surface area contributed by atoms with Crippen molar-refractivity contribution in [3.8, 4) is 17.4 Å². The molecule has 0 spiro atoms. The van der Waals surface area contributed by atoms with Gasteiger partial charge in [0.15, 0.2) is 5.76 Å². The molecule has 1 saturated heterocycles. The lowest BCUT2D eigenvalue weighted by Gasteiger charge is -2.17. The van der Waals surface area contributed by atoms with Crippen molar-refractivity contribution in [1.29, 1.82) is 0 Å². The van der Waals surface area contributed by atoms with E-state index in [1.807, 2.05) is 0 Å². The zero-order chi connectivity index (χ0) is 24.7. The van der Waals surface area contributed by atoms with E-state index in [4.69, 9.17) is 16.0 Å². The quantitative estimate of drug-likeness (QED) is 0.439. The van der Waals surface area contributed by atoms with Gasteiger partial charge < -0.3 is 14.6 Å². The third kappa shape index (κ3) is 4.35. The lowest BCUT2D eigenvalue weighted by Crippen LogP contribution is -2.29. The number of aromatic nitrogens is 4. The third-order valence-electron chi connectivity index (χ3n) is 5.95. The molecule has 1 aliphatic rings. The van der Waals surface area contributed by atoms with Crippen LogP contribution >= 0.6 is 11.6 Å². The van der Waals surface area contributed by atoms with Crippen LogP contribution in [0.2, 0.25) is 5.02 Å². The van der Waals surface area contributed by atoms with E-state index in [0.29, 0.717) is 33.4 Å². The molecule has 1 fully saturated rings. The number of halogens is 1. The van der Waals surface area contributed by atoms with Crippen LogP contribution in [0.5, 0.6) is 0 Å². The van der Waals surface area contributed by atoms with Gasteiger partial charge in [-0.25, -0.2) is 4.98 Å². The summed E-state index contributed by atoms with van der Waals surface area (Å²) in [5.74, 6) is -0.178. The number of hydrogen-bond donors (Lipinski definition) is 2. The Morgan fingerprint density at radius 2 is 1.97 bits per heavy atom. The van der Waals surface area contributed by atoms with Crippen LogP contribution in [-0.2, 0) is 9.59 Å². The highest BCUT2D eigenvalue weighted by Crippen LogP contribution is 2.29. The number of benzene rings is 1. The smallest absolute Gasteiger partial charge is 0.255 e. The van der Waals surface area contributed by atoms with Crippen LogP contribution in [0.1, 0.15) is 17.7 Å². The molecule has 10 nitrogen and oxygen atoms in total. The van der Waals surface area contributed by atoms with Crippen LogP contribution in [-0.4, -0.2) is 38.1 Å². The Morgan fingerprint density at radius 1 is 1.20 bits per heavy atom. The zero-order valence-corrected chi connectivity index (χ0v) is 19.7. The minimum Gasteiger partial charge on any atom is -0.463 e. The van der Waals surface area contributed by atoms with Crippen molar-refractivity contribution in [3.63, 3.8) is 0 Å². The lowest BCUT2D eigenvalue weighted by atomic mass is 10.1. The summed E-state index contributed by atoms with van der Waals surface area (Å²) in [7, 11) is 0. The maximum Gasteiger partial charge on any atom is 0.255 e. The first kappa shape index (κ1) is 22.6. The van der Waals surface area contributed by atoms with Gasteiger partial charge in [0.1, 0.15) is 11.5 Å². The van der Waals surface area contributed by atoms with Gasteiger partial charge in [-0.3, -0.25) is 19.4 Å². The van der Waals surface area contributed by atoms with E-state index in [0.717, 1.165) is 0 Å². The van der Waals surface area contributed by atoms with Crippen LogP contribution in [0.15, 0.2) is 57.9 Å². The first-order valence-corrected chi connectivity index (χ1v) is 11.3. The van der Waals surface area contributed by atoms with E-state index in [2.05, 4.69) is 20.4 Å². The largest absolute Gasteiger partial charge is 0.463 e. The minimum absolute atomic E-state index is 0.0619. The average molecular weight is 493 g/mol. The molecular formula is C24H21ClN6O4. The summed E-state index contributed by atoms with van der Waals surface area (Å²) in [6, 6.07) is 12.0. The summed E-state index contributed by atoms with van der Waals surface area (Å²) in [5, 5.41) is 7.90. The van der Waals surface area contributed by atoms with Gasteiger partial charge >= 0.3 is 0 Å². The molecule has 35 heavy (non-hydrogen) atoms. The molecule has 11 heteroatoms. The standard InChI is InChI=1S/C24H21ClN6O4/c1-13-14(2)26-24(28-22(13)33)31-20(11-18(29-31)19-4-3-9-35-19)27-23(34)15-10-21(32)30(12-15)17-7-5-16(25)6-8-17/h3-9,11,15H,10,12H2,1-2H3,(H,27,34)(H,26,28,33). The highest BCUT2D eigenvalue weighted by atomic mass is 35.5. The number of nitrogens with zero attached hydrogens (tertiary/aromatic N) is 4. The van der Waals surface area contributed by atoms with Crippen LogP contribution in [0.3, 0.4) is 0 Å². The van der Waals surface area contributed by atoms with E-state index in [1.54, 1.807) is 61.2 Å². The lowest BCUT2D eigenvalue weighted by molar-refractivity contribution is -0.122. The Bertz CT molecular complexity index is 1470. The Hall–Kier alpha value is -4.18. The molecule has 1 atom stereocenters. The van der Waals surface area contributed by atoms with Crippen molar-refractivity contribution in [2.75, 3.05) is 16.8 Å². The number of hydrogen-bond acceptors (Lipinski definition) is 6. The van der Waals surface area contributed by atoms with Gasteiger partial charge in [0.05, 0.1) is 12.2 Å². The second-order valence-corrected chi connectivity index (χ2v) is 8.71. The van der Waals surface area contributed by atoms with Gasteiger partial charge in [0, 0.05) is 41.0 Å². The Labute approximate surface area is 204 Å². The van der Waals surface area contributed by atoms with E-state index < -0.39 is 5.92 Å². The van der Waals surface area contributed by atoms with Crippen molar-refractivity contribution in [2.45, 2.75) is 20.3 Å². The first-order valence-electron chi connectivity index (χ1n) is 10.9. The van der Waals surface area contributed by atoms with Gasteiger partial charge in [0.25, 0.3) is 5.56 Å². The SMILES string of the molecule is Cc1nc(-n2nc(-c3ccco3)cc2NC(=O)C2CC(=O)N(c3ccc(Cl)cc3)C2)[nH]c(=O)c1C. The highest BCUT2D eigenvalue weighted by molar-refractivity contribution is 6.30. The molecule has 4 heterocycles. The molecule has 2 N–H and O–H groups in total. The Balaban J connectivity index is 1.44. The number of rotatable bonds is 5. The van der Waals surface area contributed by atoms with Crippen molar-refractivity contribution >= 4 is 34.9 Å². The number of aromatic amines is 1. The summed E-state index contributed by atoms with van der Waals surface area (Å²) in [5.41, 5.74) is 1.84. The summed E-state index contributed by atoms with van der Waals surface area (Å²) in [6.07, 6.45) is 1.57. The third-order valence-corrected chi connectivity index (χ3v) is 6.20. The van der Waals surface area contributed by atoms with E-state index >= 15 is 0 Å². The van der Waals surface area contributed by atoms with Crippen LogP contribution in [0, 0.1) is 19.8 Å². The van der Waals surface area contributed by atoms with Gasteiger partial charge in [-0.2, -0.15) is 9.78 Å². The molecule has 1 aliphatic heterocycles. The van der Waals surface area contributed by atoms with Crippen LogP contribution in [0.25, 0.3) is 17.4 Å². The maximum absolute atomic E-state index is 13.2. The van der Waals surface area contributed by atoms with E-state index in [9.17, 15) is 14.4 Å². The predicted octanol–water partition coefficient (Wildman–Crippen LogP) is 3.48. The number of aryl methyl sites for hydroxylation is 1. The fourth-order valence-corrected chi connectivity index (χ4v) is 4.01. The highest BCUT2D eigenvalue weighted by Gasteiger charge is 2.35. The van der Waals surface area contributed by atoms with Crippen molar-refractivity contribution in [2.24, 2.45) is 5.92 Å². The molecular weight excluding hydrogens is 472 g/mol. The van der Waals surface area contributed by atoms with Gasteiger partial charge in [0.2, 0.25) is 17.8 Å². The summed E-state index contributed by atoms with van der Waals surface area (Å²) < 4.78 is 6.78. The molecule has 0 bridgehead atoms. The maximum atomic E-state index is 13.2. The van der Waals surface area contributed by atoms with Crippen LogP contribution < -0.4 is 15.8 Å². The molecule has 0 radical (unpaired) electrons. The molecule has 1 unspecified atom stereocenters. The monoisotopic (exact) mass is 492 g/mol. The molecule has 2 amide bonds. The number of carbonyl (C=O) groups is 2. The Kier molecular flexibility index (Phi) is 5.73. The number of amides is 2. The van der Waals surface area contributed by atoms with E-state index in [1.165, 1.54) is 10.9 Å². The fraction of sp³-hybridized carbons (Fsp3) is 0.208. The minimum atomic E-state index is -0.583. The topological polar surface area (TPSA) is 126 Å². The first-order chi connectivity index (χ1) is 16.8. The average Bonchev–Trinajstić information content (AvgIpc) is 3.58. The number of nitrogens with one attached hydrogen (secondary N) is 2. The van der Waals surface area contributed by atoms with Crippen molar-refractivity contribution in [3.05, 3.63) is 75.4 Å². The summed E-state index contributed by atoms with van der Waals surface area (Å²) >= 11 is 5.95. The Morgan fingerprint density at radius 3 is 2.66 bits per heavy atom. The summed E-state index contributed by atoms with van der Waals surface area (Å²) in [6.45, 7) is 3.62. The predicted molar refractivity (Wildman–Crippen MR) is 130 cm³/mol. The molecule has 1 aromatic carbocycles. The fourth-order valence-electron chi connectivity index (χ4n) is 3.89. The number of anilines is 2. The normalized spacial score (nSPS) is 15.6. The summed E-state index contributed by atoms with van der Waals surface area (Å²) in [4.78, 5) is 46.8. The number of carbonyl (C=O) groups excluding carboxylic acids is 2. The van der Waals surface area contributed by atoms with Gasteiger partial charge in [-0.15, -0.1) is 0 Å². The molecule has 5 rings (SSSR count). The molecule has 0 saturated carbocycles. The molecule has 0 aliphatic carbocycles. The van der Waals surface area contributed by atoms with E-state index in [-0.39, 0.29) is 42.1 Å². The van der Waals surface area contributed by atoms with Crippen molar-refractivity contribution < 1.29 is 14.0 Å².